The van der Waals surface area contributed by atoms with Gasteiger partial charge in [0.1, 0.15) is 23.4 Å². The van der Waals surface area contributed by atoms with Crippen molar-refractivity contribution in [2.24, 2.45) is 13.0 Å². The summed E-state index contributed by atoms with van der Waals surface area (Å²) in [4.78, 5) is 12.7. The number of rotatable bonds is 4. The lowest BCUT2D eigenvalue weighted by Crippen LogP contribution is -2.41. The second-order valence-corrected chi connectivity index (χ2v) is 8.36. The molecule has 1 aliphatic rings. The Morgan fingerprint density at radius 1 is 1.55 bits per heavy atom. The third-order valence-electron chi connectivity index (χ3n) is 4.67. The van der Waals surface area contributed by atoms with Crippen molar-refractivity contribution in [1.29, 1.82) is 5.26 Å². The highest BCUT2D eigenvalue weighted by molar-refractivity contribution is 7.89. The molecule has 1 aromatic carbocycles. The first-order valence-electron chi connectivity index (χ1n) is 8.66. The van der Waals surface area contributed by atoms with Crippen LogP contribution in [0.25, 0.3) is 0 Å². The van der Waals surface area contributed by atoms with Gasteiger partial charge in [-0.05, 0) is 24.1 Å². The first-order valence-corrected chi connectivity index (χ1v) is 10.1. The number of carbonyl (C=O) groups is 1. The van der Waals surface area contributed by atoms with E-state index in [1.807, 2.05) is 0 Å². The van der Waals surface area contributed by atoms with Gasteiger partial charge < -0.3 is 14.6 Å². The summed E-state index contributed by atoms with van der Waals surface area (Å²) in [6, 6.07) is 4.71. The third-order valence-corrected chi connectivity index (χ3v) is 6.15. The predicted molar refractivity (Wildman–Crippen MR) is 103 cm³/mol. The fourth-order valence-corrected chi connectivity index (χ4v) is 4.45. The van der Waals surface area contributed by atoms with Crippen molar-refractivity contribution in [2.75, 3.05) is 11.9 Å². The van der Waals surface area contributed by atoms with Gasteiger partial charge in [0.15, 0.2) is 11.4 Å². The van der Waals surface area contributed by atoms with Gasteiger partial charge in [0.2, 0.25) is 10.0 Å². The second-order valence-electron chi connectivity index (χ2n) is 6.68. The number of hydrogen-bond donors (Lipinski definition) is 2. The minimum atomic E-state index is -3.92. The van der Waals surface area contributed by atoms with E-state index in [4.69, 9.17) is 10.00 Å². The van der Waals surface area contributed by atoms with Crippen molar-refractivity contribution in [3.05, 3.63) is 54.1 Å². The summed E-state index contributed by atoms with van der Waals surface area (Å²) in [7, 11) is -2.41. The van der Waals surface area contributed by atoms with E-state index in [2.05, 4.69) is 16.6 Å². The third kappa shape index (κ3) is 3.87. The first-order chi connectivity index (χ1) is 13.7. The molecule has 0 radical (unpaired) electrons. The molecule has 0 saturated carbocycles. The number of amides is 1. The molecule has 2 heterocycles. The van der Waals surface area contributed by atoms with Gasteiger partial charge in [-0.3, -0.25) is 4.79 Å². The molecule has 1 aliphatic heterocycles. The normalized spacial score (nSPS) is 18.5. The Labute approximate surface area is 167 Å². The molecule has 152 valence electrons. The summed E-state index contributed by atoms with van der Waals surface area (Å²) in [5.74, 6) is -1.63. The summed E-state index contributed by atoms with van der Waals surface area (Å²) in [6.45, 7) is 5.48. The molecule has 29 heavy (non-hydrogen) atoms. The molecule has 10 heteroatoms. The fourth-order valence-electron chi connectivity index (χ4n) is 2.94. The number of fused-ring (bicyclic) bond motifs is 1. The van der Waals surface area contributed by atoms with Crippen molar-refractivity contribution in [1.82, 2.24) is 9.29 Å². The van der Waals surface area contributed by atoms with E-state index in [1.165, 1.54) is 29.9 Å². The highest BCUT2D eigenvalue weighted by atomic mass is 32.2. The van der Waals surface area contributed by atoms with Crippen molar-refractivity contribution < 1.29 is 22.3 Å². The Morgan fingerprint density at radius 2 is 2.28 bits per heavy atom. The van der Waals surface area contributed by atoms with E-state index in [1.54, 1.807) is 19.1 Å². The van der Waals surface area contributed by atoms with Crippen molar-refractivity contribution in [3.8, 4) is 11.8 Å². The molecule has 0 unspecified atom stereocenters. The first kappa shape index (κ1) is 20.6. The van der Waals surface area contributed by atoms with Crippen LogP contribution in [0.5, 0.6) is 5.75 Å². The molecule has 2 N–H and O–H groups in total. The number of hydrogen-bond acceptors (Lipinski definition) is 5. The standard InChI is InChI=1S/C19H19FN4O4S/c1-4-11(2)15-10-28-18-16(29(26,27)23-15)9-24(3)17(18)19(25)22-13-5-6-14(20)12(7-13)8-21/h4-7,9,11,15,23H,1,10H2,2-3H3,(H,22,25)/t11-,15+/m1/s1. The Kier molecular flexibility index (Phi) is 5.46. The lowest BCUT2D eigenvalue weighted by Gasteiger charge is -2.19. The molecule has 1 amide bonds. The van der Waals surface area contributed by atoms with E-state index < -0.39 is 27.8 Å². The maximum absolute atomic E-state index is 13.5. The number of carbonyl (C=O) groups excluding carboxylic acids is 1. The van der Waals surface area contributed by atoms with Crippen LogP contribution in [0.2, 0.25) is 0 Å². The Balaban J connectivity index is 1.97. The van der Waals surface area contributed by atoms with Crippen LogP contribution in [0.3, 0.4) is 0 Å². The number of sulfonamides is 1. The van der Waals surface area contributed by atoms with Gasteiger partial charge in [-0.25, -0.2) is 17.5 Å². The zero-order valence-corrected chi connectivity index (χ0v) is 16.6. The Bertz CT molecular complexity index is 1130. The number of nitrogens with one attached hydrogen (secondary N) is 2. The highest BCUT2D eigenvalue weighted by Crippen LogP contribution is 2.33. The van der Waals surface area contributed by atoms with Gasteiger partial charge in [-0.15, -0.1) is 6.58 Å². The minimum Gasteiger partial charge on any atom is -0.488 e. The number of aryl methyl sites for hydroxylation is 1. The number of benzene rings is 1. The second kappa shape index (κ2) is 7.69. The molecule has 1 aromatic heterocycles. The lowest BCUT2D eigenvalue weighted by molar-refractivity contribution is 0.101. The molecule has 2 aromatic rings. The Morgan fingerprint density at radius 3 is 2.93 bits per heavy atom. The quantitative estimate of drug-likeness (QED) is 0.739. The molecule has 0 saturated heterocycles. The van der Waals surface area contributed by atoms with Crippen molar-refractivity contribution >= 4 is 21.6 Å². The lowest BCUT2D eigenvalue weighted by atomic mass is 10.0. The van der Waals surface area contributed by atoms with Crippen molar-refractivity contribution in [3.63, 3.8) is 0 Å². The Hall–Kier alpha value is -3.16. The molecular formula is C19H19FN4O4S. The fraction of sp³-hybridized carbons (Fsp3) is 0.263. The summed E-state index contributed by atoms with van der Waals surface area (Å²) < 4.78 is 48.6. The number of nitrogens with zero attached hydrogens (tertiary/aromatic N) is 2. The van der Waals surface area contributed by atoms with Crippen molar-refractivity contribution in [2.45, 2.75) is 17.9 Å². The zero-order chi connectivity index (χ0) is 21.3. The maximum Gasteiger partial charge on any atom is 0.276 e. The molecule has 0 spiro atoms. The largest absolute Gasteiger partial charge is 0.488 e. The van der Waals surface area contributed by atoms with Crippen LogP contribution in [0.4, 0.5) is 10.1 Å². The van der Waals surface area contributed by atoms with Crippen LogP contribution in [0.1, 0.15) is 23.0 Å². The van der Waals surface area contributed by atoms with E-state index in [0.717, 1.165) is 6.07 Å². The van der Waals surface area contributed by atoms with Gasteiger partial charge in [-0.2, -0.15) is 5.26 Å². The average Bonchev–Trinajstić information content (AvgIpc) is 2.96. The molecule has 8 nitrogen and oxygen atoms in total. The molecular weight excluding hydrogens is 399 g/mol. The van der Waals surface area contributed by atoms with E-state index >= 15 is 0 Å². The maximum atomic E-state index is 13.5. The SMILES string of the molecule is C=C[C@@H](C)[C@@H]1COc2c(cn(C)c2C(=O)Nc2ccc(F)c(C#N)c2)S(=O)(=O)N1. The number of nitriles is 1. The van der Waals surface area contributed by atoms with Gasteiger partial charge in [0, 0.05) is 18.9 Å². The summed E-state index contributed by atoms with van der Waals surface area (Å²) >= 11 is 0. The molecule has 0 aliphatic carbocycles. The van der Waals surface area contributed by atoms with E-state index in [0.29, 0.717) is 0 Å². The van der Waals surface area contributed by atoms with Crippen LogP contribution >= 0.6 is 0 Å². The highest BCUT2D eigenvalue weighted by Gasteiger charge is 2.35. The van der Waals surface area contributed by atoms with Gasteiger partial charge in [0.05, 0.1) is 11.6 Å². The topological polar surface area (TPSA) is 113 Å². The number of anilines is 1. The van der Waals surface area contributed by atoms with Gasteiger partial charge in [0.25, 0.3) is 5.91 Å². The van der Waals surface area contributed by atoms with Gasteiger partial charge in [-0.1, -0.05) is 13.0 Å². The average molecular weight is 418 g/mol. The zero-order valence-electron chi connectivity index (χ0n) is 15.8. The molecule has 2 atom stereocenters. The summed E-state index contributed by atoms with van der Waals surface area (Å²) in [5.41, 5.74) is -0.0476. The minimum absolute atomic E-state index is 0.0127. The van der Waals surface area contributed by atoms with Crippen LogP contribution in [-0.4, -0.2) is 31.5 Å². The molecule has 3 rings (SSSR count). The van der Waals surface area contributed by atoms with E-state index in [-0.39, 0.29) is 40.1 Å². The van der Waals surface area contributed by atoms with Crippen LogP contribution in [0.15, 0.2) is 41.9 Å². The summed E-state index contributed by atoms with van der Waals surface area (Å²) in [5, 5.41) is 11.5. The molecule has 0 fully saturated rings. The smallest absolute Gasteiger partial charge is 0.276 e. The predicted octanol–water partition coefficient (Wildman–Crippen LogP) is 2.15. The monoisotopic (exact) mass is 418 g/mol. The van der Waals surface area contributed by atoms with E-state index in [9.17, 15) is 17.6 Å². The van der Waals surface area contributed by atoms with Crippen LogP contribution < -0.4 is 14.8 Å². The van der Waals surface area contributed by atoms with Crippen LogP contribution in [0, 0.1) is 23.1 Å². The number of aromatic nitrogens is 1. The summed E-state index contributed by atoms with van der Waals surface area (Å²) in [6.07, 6.45) is 2.90. The number of ether oxygens (including phenoxy) is 1. The molecule has 0 bridgehead atoms. The number of halogens is 1. The van der Waals surface area contributed by atoms with Gasteiger partial charge >= 0.3 is 0 Å². The van der Waals surface area contributed by atoms with Crippen LogP contribution in [-0.2, 0) is 17.1 Å².